The van der Waals surface area contributed by atoms with E-state index in [-0.39, 0.29) is 17.5 Å². The first kappa shape index (κ1) is 26.6. The molecule has 0 atom stereocenters. The zero-order valence-corrected chi connectivity index (χ0v) is 21.4. The zero-order chi connectivity index (χ0) is 27.6. The molecule has 10 nitrogen and oxygen atoms in total. The molecule has 0 unspecified atom stereocenters. The second-order valence-electron chi connectivity index (χ2n) is 9.76. The third-order valence-electron chi connectivity index (χ3n) is 6.65. The van der Waals surface area contributed by atoms with Crippen molar-refractivity contribution in [3.05, 3.63) is 59.9 Å². The van der Waals surface area contributed by atoms with Crippen LogP contribution in [0.3, 0.4) is 0 Å². The summed E-state index contributed by atoms with van der Waals surface area (Å²) in [6.07, 6.45) is -1.55. The van der Waals surface area contributed by atoms with Gasteiger partial charge >= 0.3 is 6.36 Å². The van der Waals surface area contributed by atoms with Crippen LogP contribution in [-0.2, 0) is 6.54 Å². The number of benzene rings is 1. The van der Waals surface area contributed by atoms with Crippen molar-refractivity contribution in [1.82, 2.24) is 29.8 Å². The van der Waals surface area contributed by atoms with Gasteiger partial charge in [0.1, 0.15) is 11.6 Å². The van der Waals surface area contributed by atoms with Crippen LogP contribution in [-0.4, -0.2) is 73.6 Å². The number of piperidine rings is 1. The molecule has 0 aliphatic carbocycles. The highest BCUT2D eigenvalue weighted by atomic mass is 19.4. The van der Waals surface area contributed by atoms with Crippen molar-refractivity contribution in [2.75, 3.05) is 32.0 Å². The molecule has 3 aromatic heterocycles. The van der Waals surface area contributed by atoms with Gasteiger partial charge in [0.05, 0.1) is 12.1 Å². The molecule has 0 saturated carbocycles. The smallest absolute Gasteiger partial charge is 0.406 e. The molecule has 4 aromatic rings. The van der Waals surface area contributed by atoms with Gasteiger partial charge in [-0.3, -0.25) is 4.68 Å². The summed E-state index contributed by atoms with van der Waals surface area (Å²) in [4.78, 5) is 11.0. The second kappa shape index (κ2) is 10.7. The van der Waals surface area contributed by atoms with Gasteiger partial charge in [-0.1, -0.05) is 11.2 Å². The number of nitrogens with zero attached hydrogens (tertiary/aromatic N) is 6. The summed E-state index contributed by atoms with van der Waals surface area (Å²) < 4.78 is 48.2. The number of aliphatic hydroxyl groups is 1. The lowest BCUT2D eigenvalue weighted by atomic mass is 9.91. The van der Waals surface area contributed by atoms with Gasteiger partial charge in [-0.15, -0.1) is 13.2 Å². The number of halogens is 3. The average Bonchev–Trinajstić information content (AvgIpc) is 3.53. The Kier molecular flexibility index (Phi) is 7.28. The fraction of sp³-hybridized carbons (Fsp3) is 0.385. The average molecular weight is 544 g/mol. The first-order chi connectivity index (χ1) is 18.6. The number of nitrogens with one attached hydrogen (secondary N) is 1. The number of pyridine rings is 1. The van der Waals surface area contributed by atoms with Crippen LogP contribution in [0.5, 0.6) is 5.75 Å². The summed E-state index contributed by atoms with van der Waals surface area (Å²) in [6, 6.07) is 10.8. The van der Waals surface area contributed by atoms with Crippen molar-refractivity contribution in [1.29, 1.82) is 0 Å². The molecule has 2 N–H and O–H groups in total. The maximum Gasteiger partial charge on any atom is 0.573 e. The normalized spacial score (nSPS) is 15.8. The van der Waals surface area contributed by atoms with Crippen LogP contribution in [0.2, 0.25) is 0 Å². The van der Waals surface area contributed by atoms with Crippen molar-refractivity contribution in [2.45, 2.75) is 38.3 Å². The van der Waals surface area contributed by atoms with Crippen molar-refractivity contribution in [3.63, 3.8) is 0 Å². The van der Waals surface area contributed by atoms with Gasteiger partial charge in [-0.05, 0) is 68.8 Å². The Hall–Kier alpha value is -3.97. The number of aromatic nitrogens is 5. The van der Waals surface area contributed by atoms with E-state index in [9.17, 15) is 18.3 Å². The van der Waals surface area contributed by atoms with Gasteiger partial charge in [0, 0.05) is 37.1 Å². The number of rotatable bonds is 8. The number of ether oxygens (including phenoxy) is 1. The summed E-state index contributed by atoms with van der Waals surface area (Å²) in [5.41, 5.74) is 2.02. The molecule has 0 spiro atoms. The molecule has 1 aliphatic heterocycles. The van der Waals surface area contributed by atoms with E-state index in [1.807, 2.05) is 25.1 Å². The van der Waals surface area contributed by atoms with E-state index < -0.39 is 12.0 Å². The Morgan fingerprint density at radius 3 is 2.54 bits per heavy atom. The number of aryl methyl sites for hydroxylation is 1. The fourth-order valence-electron chi connectivity index (χ4n) is 4.29. The van der Waals surface area contributed by atoms with E-state index in [0.717, 1.165) is 37.2 Å². The molecule has 4 heterocycles. The standard InChI is InChI=1S/C26H28F3N7O3/c1-17-13-21(24-32-23(34-39-24)19-4-6-20(7-5-19)38-26(27,28)29)33-36(17)15-18-3-8-22(30-14-18)31-16-25(37)9-11-35(2)12-10-25/h3-8,13-14,37H,9-12,15-16H2,1-2H3,(H,30,31). The molecular formula is C26H28F3N7O3. The Balaban J connectivity index is 1.20. The van der Waals surface area contributed by atoms with E-state index in [2.05, 4.69) is 42.2 Å². The molecule has 5 rings (SSSR count). The van der Waals surface area contributed by atoms with Crippen molar-refractivity contribution >= 4 is 5.82 Å². The molecule has 13 heteroatoms. The van der Waals surface area contributed by atoms with Crippen LogP contribution < -0.4 is 10.1 Å². The molecule has 1 fully saturated rings. The lowest BCUT2D eigenvalue weighted by Gasteiger charge is -2.36. The van der Waals surface area contributed by atoms with Crippen LogP contribution in [0, 0.1) is 6.92 Å². The zero-order valence-electron chi connectivity index (χ0n) is 21.4. The van der Waals surface area contributed by atoms with Crippen LogP contribution in [0.1, 0.15) is 24.1 Å². The molecule has 206 valence electrons. The van der Waals surface area contributed by atoms with Crippen LogP contribution in [0.15, 0.2) is 53.2 Å². The van der Waals surface area contributed by atoms with Crippen molar-refractivity contribution in [2.24, 2.45) is 0 Å². The highest BCUT2D eigenvalue weighted by Gasteiger charge is 2.31. The van der Waals surface area contributed by atoms with E-state index in [0.29, 0.717) is 30.2 Å². The predicted octanol–water partition coefficient (Wildman–Crippen LogP) is 4.12. The van der Waals surface area contributed by atoms with Crippen LogP contribution in [0.4, 0.5) is 19.0 Å². The Morgan fingerprint density at radius 1 is 1.13 bits per heavy atom. The van der Waals surface area contributed by atoms with E-state index in [1.54, 1.807) is 10.9 Å². The largest absolute Gasteiger partial charge is 0.573 e. The topological polar surface area (TPSA) is 114 Å². The van der Waals surface area contributed by atoms with Crippen molar-refractivity contribution in [3.8, 4) is 28.7 Å². The minimum atomic E-state index is -4.76. The Labute approximate surface area is 222 Å². The molecule has 0 radical (unpaired) electrons. The molecule has 0 bridgehead atoms. The highest BCUT2D eigenvalue weighted by Crippen LogP contribution is 2.27. The summed E-state index contributed by atoms with van der Waals surface area (Å²) in [5, 5.41) is 22.5. The van der Waals surface area contributed by atoms with Crippen LogP contribution in [0.25, 0.3) is 23.0 Å². The van der Waals surface area contributed by atoms with Gasteiger partial charge in [-0.25, -0.2) is 4.98 Å². The Bertz CT molecular complexity index is 1390. The first-order valence-electron chi connectivity index (χ1n) is 12.4. The maximum atomic E-state index is 12.4. The van der Waals surface area contributed by atoms with Gasteiger partial charge in [0.25, 0.3) is 5.89 Å². The SMILES string of the molecule is Cc1cc(-c2nc(-c3ccc(OC(F)(F)F)cc3)no2)nn1Cc1ccc(NCC2(O)CCN(C)CC2)nc1. The Morgan fingerprint density at radius 2 is 1.87 bits per heavy atom. The first-order valence-corrected chi connectivity index (χ1v) is 12.4. The van der Waals surface area contributed by atoms with Gasteiger partial charge < -0.3 is 24.6 Å². The number of anilines is 1. The summed E-state index contributed by atoms with van der Waals surface area (Å²) in [7, 11) is 2.06. The van der Waals surface area contributed by atoms with E-state index in [4.69, 9.17) is 4.52 Å². The maximum absolute atomic E-state index is 12.4. The van der Waals surface area contributed by atoms with Crippen LogP contribution >= 0.6 is 0 Å². The third kappa shape index (κ3) is 6.73. The minimum Gasteiger partial charge on any atom is -0.406 e. The van der Waals surface area contributed by atoms with Gasteiger partial charge in [-0.2, -0.15) is 10.1 Å². The molecule has 1 aliphatic rings. The summed E-state index contributed by atoms with van der Waals surface area (Å²) in [5.74, 6) is 0.762. The quantitative estimate of drug-likeness (QED) is 0.339. The third-order valence-corrected chi connectivity index (χ3v) is 6.65. The number of hydrogen-bond donors (Lipinski definition) is 2. The highest BCUT2D eigenvalue weighted by molar-refractivity contribution is 5.59. The lowest BCUT2D eigenvalue weighted by molar-refractivity contribution is -0.274. The monoisotopic (exact) mass is 543 g/mol. The lowest BCUT2D eigenvalue weighted by Crippen LogP contribution is -2.47. The molecule has 0 amide bonds. The number of likely N-dealkylation sites (tertiary alicyclic amines) is 1. The van der Waals surface area contributed by atoms with E-state index in [1.165, 1.54) is 24.3 Å². The second-order valence-corrected chi connectivity index (χ2v) is 9.76. The summed E-state index contributed by atoms with van der Waals surface area (Å²) >= 11 is 0. The molecule has 1 aromatic carbocycles. The molecule has 1 saturated heterocycles. The van der Waals surface area contributed by atoms with E-state index >= 15 is 0 Å². The van der Waals surface area contributed by atoms with Gasteiger partial charge in [0.2, 0.25) is 5.82 Å². The number of alkyl halides is 3. The van der Waals surface area contributed by atoms with Crippen molar-refractivity contribution < 1.29 is 27.5 Å². The molecular weight excluding hydrogens is 515 g/mol. The predicted molar refractivity (Wildman–Crippen MR) is 136 cm³/mol. The minimum absolute atomic E-state index is 0.187. The summed E-state index contributed by atoms with van der Waals surface area (Å²) in [6.45, 7) is 4.56. The van der Waals surface area contributed by atoms with Gasteiger partial charge in [0.15, 0.2) is 5.69 Å². The number of hydrogen-bond acceptors (Lipinski definition) is 9. The fourth-order valence-corrected chi connectivity index (χ4v) is 4.29. The molecule has 39 heavy (non-hydrogen) atoms.